The first kappa shape index (κ1) is 61.9. The minimum atomic E-state index is -4.61. The van der Waals surface area contributed by atoms with E-state index in [2.05, 4.69) is 50.3 Å². The van der Waals surface area contributed by atoms with Crippen molar-refractivity contribution in [1.82, 2.24) is 0 Å². The quantitative estimate of drug-likeness (QED) is 0.0196. The maximum atomic E-state index is 12.9. The summed E-state index contributed by atoms with van der Waals surface area (Å²) in [5, 5.41) is 31.0. The average Bonchev–Trinajstić information content (AvgIpc) is 3.28. The maximum absolute atomic E-state index is 12.9. The summed E-state index contributed by atoms with van der Waals surface area (Å²) in [6.45, 7) is 3.68. The molecule has 12 nitrogen and oxygen atoms in total. The minimum Gasteiger partial charge on any atom is -0.462 e. The van der Waals surface area contributed by atoms with Gasteiger partial charge in [0.25, 0.3) is 10.1 Å². The van der Waals surface area contributed by atoms with E-state index >= 15 is 0 Å². The molecule has 1 rings (SSSR count). The molecular weight excluding hydrogens is 861 g/mol. The Morgan fingerprint density at radius 1 is 0.530 bits per heavy atom. The zero-order valence-corrected chi connectivity index (χ0v) is 42.4. The second-order valence-corrected chi connectivity index (χ2v) is 20.0. The predicted molar refractivity (Wildman–Crippen MR) is 266 cm³/mol. The number of allylic oxidation sites excluding steroid dienone is 6. The van der Waals surface area contributed by atoms with E-state index in [9.17, 15) is 37.9 Å². The Morgan fingerprint density at radius 2 is 0.955 bits per heavy atom. The number of aliphatic hydroxyl groups is 3. The van der Waals surface area contributed by atoms with E-state index in [0.29, 0.717) is 12.8 Å². The van der Waals surface area contributed by atoms with Crippen LogP contribution in [0.25, 0.3) is 0 Å². The maximum Gasteiger partial charge on any atom is 0.306 e. The normalized spacial score (nSPS) is 19.6. The third kappa shape index (κ3) is 36.9. The van der Waals surface area contributed by atoms with Gasteiger partial charge in [-0.25, -0.2) is 0 Å². The Kier molecular flexibility index (Phi) is 40.3. The van der Waals surface area contributed by atoms with Crippen molar-refractivity contribution in [2.45, 2.75) is 269 Å². The second kappa shape index (κ2) is 42.9. The van der Waals surface area contributed by atoms with Gasteiger partial charge in [-0.1, -0.05) is 211 Å². The van der Waals surface area contributed by atoms with Crippen LogP contribution in [0.5, 0.6) is 0 Å². The summed E-state index contributed by atoms with van der Waals surface area (Å²) in [6, 6.07) is 0. The summed E-state index contributed by atoms with van der Waals surface area (Å²) in [4.78, 5) is 25.5. The highest BCUT2D eigenvalue weighted by Gasteiger charge is 2.46. The zero-order valence-electron chi connectivity index (χ0n) is 41.6. The van der Waals surface area contributed by atoms with E-state index in [-0.39, 0.29) is 19.4 Å². The topological polar surface area (TPSA) is 186 Å². The molecule has 0 saturated carbocycles. The second-order valence-electron chi connectivity index (χ2n) is 18.5. The van der Waals surface area contributed by atoms with Gasteiger partial charge in [-0.15, -0.1) is 0 Å². The van der Waals surface area contributed by atoms with Crippen molar-refractivity contribution in [3.05, 3.63) is 36.5 Å². The zero-order chi connectivity index (χ0) is 48.4. The van der Waals surface area contributed by atoms with Crippen LogP contribution in [-0.4, -0.2) is 96.0 Å². The molecule has 66 heavy (non-hydrogen) atoms. The third-order valence-electron chi connectivity index (χ3n) is 12.2. The lowest BCUT2D eigenvalue weighted by atomic mass is 10.00. The lowest BCUT2D eigenvalue weighted by Crippen LogP contribution is -2.60. The summed E-state index contributed by atoms with van der Waals surface area (Å²) >= 11 is 0. The van der Waals surface area contributed by atoms with Gasteiger partial charge in [0.15, 0.2) is 12.4 Å². The first-order valence-electron chi connectivity index (χ1n) is 26.5. The summed E-state index contributed by atoms with van der Waals surface area (Å²) in [6.07, 6.45) is 41.8. The highest BCUT2D eigenvalue weighted by atomic mass is 32.2. The fraction of sp³-hybridized carbons (Fsp3) is 0.849. The van der Waals surface area contributed by atoms with Crippen molar-refractivity contribution in [1.29, 1.82) is 0 Å². The Bertz CT molecular complexity index is 1350. The summed E-state index contributed by atoms with van der Waals surface area (Å²) in [5.74, 6) is -1.98. The Labute approximate surface area is 401 Å². The fourth-order valence-electron chi connectivity index (χ4n) is 8.16. The number of carbonyl (C=O) groups excluding carboxylic acids is 2. The van der Waals surface area contributed by atoms with Crippen LogP contribution in [0.15, 0.2) is 36.5 Å². The van der Waals surface area contributed by atoms with Crippen LogP contribution < -0.4 is 0 Å². The lowest BCUT2D eigenvalue weighted by Gasteiger charge is -2.40. The molecule has 0 aromatic rings. The average molecular weight is 957 g/mol. The van der Waals surface area contributed by atoms with Crippen molar-refractivity contribution in [2.75, 3.05) is 19.0 Å². The Hall–Kier alpha value is -2.13. The monoisotopic (exact) mass is 957 g/mol. The SMILES string of the molecule is CC/C=C\C/C=C\C/C=C\CCCCCCCCCC(=O)OC(COC(=O)CCCCCCCCCCCCCCCCCCCCCCC)COC1OC(CS(=O)(=O)O)C(O)C(O)C1O. The molecule has 0 amide bonds. The molecule has 6 atom stereocenters. The van der Waals surface area contributed by atoms with Gasteiger partial charge in [0, 0.05) is 12.8 Å². The minimum absolute atomic E-state index is 0.155. The molecule has 1 aliphatic heterocycles. The Balaban J connectivity index is 2.34. The first-order valence-corrected chi connectivity index (χ1v) is 28.2. The van der Waals surface area contributed by atoms with Crippen LogP contribution in [0.3, 0.4) is 0 Å². The molecular formula is C53H96O12S. The molecule has 0 radical (unpaired) electrons. The number of ether oxygens (including phenoxy) is 4. The molecule has 1 aliphatic rings. The molecule has 0 aromatic heterocycles. The van der Waals surface area contributed by atoms with Crippen LogP contribution >= 0.6 is 0 Å². The van der Waals surface area contributed by atoms with Gasteiger partial charge in [0.05, 0.1) is 6.61 Å². The molecule has 1 fully saturated rings. The standard InChI is InChI=1S/C53H96O12S/c1-3-5-7-9-11-13-15-17-19-21-22-23-24-26-27-29-31-33-35-37-39-41-48(54)62-43-46(44-63-53-52(58)51(57)50(56)47(65-53)45-66(59,60)61)64-49(55)42-40-38-36-34-32-30-28-25-20-18-16-14-12-10-8-6-4-2/h6,8,12,14,18,20,46-47,50-53,56-58H,3-5,7,9-11,13,15-17,19,21-45H2,1-2H3,(H,59,60,61)/b8-6-,14-12-,20-18-. The van der Waals surface area contributed by atoms with Crippen molar-refractivity contribution in [2.24, 2.45) is 0 Å². The summed E-state index contributed by atoms with van der Waals surface area (Å²) < 4.78 is 54.3. The van der Waals surface area contributed by atoms with E-state index in [4.69, 9.17) is 18.9 Å². The molecule has 1 saturated heterocycles. The van der Waals surface area contributed by atoms with Crippen LogP contribution in [0.2, 0.25) is 0 Å². The summed E-state index contributed by atoms with van der Waals surface area (Å²) in [5.41, 5.74) is 0. The number of hydrogen-bond donors (Lipinski definition) is 4. The Morgan fingerprint density at radius 3 is 1.42 bits per heavy atom. The number of carbonyl (C=O) groups is 2. The molecule has 6 unspecified atom stereocenters. The van der Waals surface area contributed by atoms with E-state index in [1.54, 1.807) is 0 Å². The summed E-state index contributed by atoms with van der Waals surface area (Å²) in [7, 11) is -4.61. The number of hydrogen-bond acceptors (Lipinski definition) is 11. The van der Waals surface area contributed by atoms with Gasteiger partial charge in [0.1, 0.15) is 36.8 Å². The number of unbranched alkanes of at least 4 members (excludes halogenated alkanes) is 27. The molecule has 386 valence electrons. The van der Waals surface area contributed by atoms with Gasteiger partial charge in [-0.3, -0.25) is 14.1 Å². The highest BCUT2D eigenvalue weighted by molar-refractivity contribution is 7.85. The van der Waals surface area contributed by atoms with Crippen molar-refractivity contribution in [3.8, 4) is 0 Å². The van der Waals surface area contributed by atoms with E-state index in [1.807, 2.05) is 0 Å². The van der Waals surface area contributed by atoms with Crippen molar-refractivity contribution >= 4 is 22.1 Å². The number of esters is 2. The van der Waals surface area contributed by atoms with Crippen LogP contribution in [0.4, 0.5) is 0 Å². The molecule has 0 spiro atoms. The first-order chi connectivity index (χ1) is 32.0. The van der Waals surface area contributed by atoms with Gasteiger partial charge >= 0.3 is 11.9 Å². The van der Waals surface area contributed by atoms with Gasteiger partial charge in [0.2, 0.25) is 0 Å². The van der Waals surface area contributed by atoms with Crippen LogP contribution in [0.1, 0.15) is 232 Å². The molecule has 0 bridgehead atoms. The van der Waals surface area contributed by atoms with Crippen molar-refractivity contribution < 1.29 is 56.8 Å². The molecule has 13 heteroatoms. The fourth-order valence-corrected chi connectivity index (χ4v) is 8.85. The highest BCUT2D eigenvalue weighted by Crippen LogP contribution is 2.24. The molecule has 1 heterocycles. The molecule has 0 aliphatic carbocycles. The number of rotatable bonds is 45. The largest absolute Gasteiger partial charge is 0.462 e. The van der Waals surface area contributed by atoms with Gasteiger partial charge in [-0.05, 0) is 44.9 Å². The molecule has 4 N–H and O–H groups in total. The van der Waals surface area contributed by atoms with E-state index in [1.165, 1.54) is 109 Å². The smallest absolute Gasteiger partial charge is 0.306 e. The predicted octanol–water partition coefficient (Wildman–Crippen LogP) is 12.1. The van der Waals surface area contributed by atoms with Gasteiger partial charge in [-0.2, -0.15) is 8.42 Å². The van der Waals surface area contributed by atoms with Crippen LogP contribution in [0, 0.1) is 0 Å². The lowest BCUT2D eigenvalue weighted by molar-refractivity contribution is -0.297. The number of aliphatic hydroxyl groups excluding tert-OH is 3. The third-order valence-corrected chi connectivity index (χ3v) is 13.0. The van der Waals surface area contributed by atoms with E-state index in [0.717, 1.165) is 83.5 Å². The van der Waals surface area contributed by atoms with E-state index < -0.39 is 71.2 Å². The van der Waals surface area contributed by atoms with Gasteiger partial charge < -0.3 is 34.3 Å². The van der Waals surface area contributed by atoms with Crippen molar-refractivity contribution in [3.63, 3.8) is 0 Å². The van der Waals surface area contributed by atoms with Crippen LogP contribution in [-0.2, 0) is 38.7 Å². The molecule has 0 aromatic carbocycles.